The zero-order valence-electron chi connectivity index (χ0n) is 49.4. The van der Waals surface area contributed by atoms with E-state index < -0.39 is 12.1 Å². The smallest absolute Gasteiger partial charge is 0.305 e. The molecule has 432 valence electrons. The fraction of sp³-hybridized carbons (Fsp3) is 0.910. The highest BCUT2D eigenvalue weighted by Crippen LogP contribution is 2.19. The van der Waals surface area contributed by atoms with E-state index in [1.54, 1.807) is 0 Å². The van der Waals surface area contributed by atoms with E-state index >= 15 is 0 Å². The molecule has 0 bridgehead atoms. The van der Waals surface area contributed by atoms with Crippen molar-refractivity contribution in [3.63, 3.8) is 0 Å². The molecular formula is C67H129NO5. The first-order valence-electron chi connectivity index (χ1n) is 33.1. The van der Waals surface area contributed by atoms with E-state index in [0.29, 0.717) is 25.9 Å². The molecule has 73 heavy (non-hydrogen) atoms. The van der Waals surface area contributed by atoms with Crippen molar-refractivity contribution < 1.29 is 24.5 Å². The van der Waals surface area contributed by atoms with Crippen molar-refractivity contribution in [1.29, 1.82) is 0 Å². The summed E-state index contributed by atoms with van der Waals surface area (Å²) in [5.41, 5.74) is 0. The standard InChI is InChI=1S/C67H129NO5/c1-3-5-7-9-11-13-15-17-31-35-39-43-47-51-55-59-65(70)64(63-69)68-66(71)60-56-52-48-44-40-36-33-29-27-25-23-21-19-20-22-24-26-28-30-34-38-42-46-50-54-58-62-73-67(72)61-57-53-49-45-41-37-32-18-16-14-12-10-8-6-4-2/h12,14,18,32,64-65,69-70H,3-11,13,15-17,19-31,33-63H2,1-2H3,(H,68,71)/b14-12-,32-18-/t64-,65+/m0/s1. The third-order valence-electron chi connectivity index (χ3n) is 15.5. The van der Waals surface area contributed by atoms with Gasteiger partial charge in [0.05, 0.1) is 25.4 Å². The first-order valence-corrected chi connectivity index (χ1v) is 33.1. The zero-order chi connectivity index (χ0) is 52.9. The average molecular weight is 1030 g/mol. The molecule has 1 amide bonds. The maximum Gasteiger partial charge on any atom is 0.305 e. The van der Waals surface area contributed by atoms with Gasteiger partial charge < -0.3 is 20.3 Å². The van der Waals surface area contributed by atoms with Crippen LogP contribution in [0.1, 0.15) is 367 Å². The van der Waals surface area contributed by atoms with Gasteiger partial charge in [0, 0.05) is 12.8 Å². The molecule has 0 aromatic rings. The Bertz CT molecular complexity index is 1140. The predicted octanol–water partition coefficient (Wildman–Crippen LogP) is 21.0. The number of rotatable bonds is 62. The molecule has 6 heteroatoms. The molecule has 0 aliphatic carbocycles. The van der Waals surface area contributed by atoms with Crippen LogP contribution in [0.3, 0.4) is 0 Å². The summed E-state index contributed by atoms with van der Waals surface area (Å²) in [6.45, 7) is 4.95. The molecule has 0 heterocycles. The molecule has 0 aromatic heterocycles. The van der Waals surface area contributed by atoms with Crippen molar-refractivity contribution in [2.45, 2.75) is 379 Å². The Morgan fingerprint density at radius 1 is 0.384 bits per heavy atom. The van der Waals surface area contributed by atoms with Crippen molar-refractivity contribution in [3.05, 3.63) is 24.3 Å². The number of amides is 1. The minimum atomic E-state index is -0.662. The van der Waals surface area contributed by atoms with Crippen LogP contribution in [0.15, 0.2) is 24.3 Å². The quantitative estimate of drug-likeness (QED) is 0.0320. The molecule has 3 N–H and O–H groups in total. The zero-order valence-corrected chi connectivity index (χ0v) is 49.4. The van der Waals surface area contributed by atoms with Gasteiger partial charge in [-0.1, -0.05) is 321 Å². The monoisotopic (exact) mass is 1030 g/mol. The van der Waals surface area contributed by atoms with Gasteiger partial charge in [-0.3, -0.25) is 9.59 Å². The van der Waals surface area contributed by atoms with E-state index in [9.17, 15) is 19.8 Å². The highest BCUT2D eigenvalue weighted by atomic mass is 16.5. The lowest BCUT2D eigenvalue weighted by atomic mass is 10.0. The van der Waals surface area contributed by atoms with Crippen molar-refractivity contribution in [3.8, 4) is 0 Å². The Morgan fingerprint density at radius 2 is 0.685 bits per heavy atom. The van der Waals surface area contributed by atoms with Gasteiger partial charge in [-0.15, -0.1) is 0 Å². The summed E-state index contributed by atoms with van der Waals surface area (Å²) in [4.78, 5) is 24.6. The van der Waals surface area contributed by atoms with E-state index in [0.717, 1.165) is 51.4 Å². The molecule has 0 saturated carbocycles. The number of nitrogens with one attached hydrogen (secondary N) is 1. The van der Waals surface area contributed by atoms with Crippen molar-refractivity contribution in [2.24, 2.45) is 0 Å². The van der Waals surface area contributed by atoms with Gasteiger partial charge in [0.1, 0.15) is 0 Å². The third-order valence-corrected chi connectivity index (χ3v) is 15.5. The fourth-order valence-electron chi connectivity index (χ4n) is 10.4. The van der Waals surface area contributed by atoms with Crippen LogP contribution in [0.4, 0.5) is 0 Å². The Labute approximate surface area is 456 Å². The van der Waals surface area contributed by atoms with E-state index in [1.165, 1.54) is 283 Å². The van der Waals surface area contributed by atoms with Gasteiger partial charge in [0.15, 0.2) is 0 Å². The van der Waals surface area contributed by atoms with Gasteiger partial charge in [0.25, 0.3) is 0 Å². The maximum atomic E-state index is 12.5. The van der Waals surface area contributed by atoms with Crippen LogP contribution in [0.2, 0.25) is 0 Å². The number of allylic oxidation sites excluding steroid dienone is 4. The van der Waals surface area contributed by atoms with Crippen LogP contribution in [-0.4, -0.2) is 47.4 Å². The van der Waals surface area contributed by atoms with Crippen LogP contribution in [0.5, 0.6) is 0 Å². The number of carbonyl (C=O) groups excluding carboxylic acids is 2. The summed E-state index contributed by atoms with van der Waals surface area (Å²) in [7, 11) is 0. The summed E-state index contributed by atoms with van der Waals surface area (Å²) in [5, 5.41) is 23.3. The molecule has 0 fully saturated rings. The van der Waals surface area contributed by atoms with Gasteiger partial charge in [-0.05, 0) is 57.8 Å². The molecule has 0 radical (unpaired) electrons. The fourth-order valence-corrected chi connectivity index (χ4v) is 10.4. The topological polar surface area (TPSA) is 95.9 Å². The second-order valence-electron chi connectivity index (χ2n) is 22.8. The van der Waals surface area contributed by atoms with Crippen LogP contribution < -0.4 is 5.32 Å². The third kappa shape index (κ3) is 59.4. The Kier molecular flexibility index (Phi) is 61.4. The Balaban J connectivity index is 3.35. The molecular weight excluding hydrogens is 899 g/mol. The van der Waals surface area contributed by atoms with Gasteiger partial charge in [-0.25, -0.2) is 0 Å². The number of aliphatic hydroxyl groups excluding tert-OH is 2. The SMILES string of the molecule is CCCCC/C=C\C/C=C\CCCCCCCC(=O)OCCCCCCCCCCCCCCCCCCCCCCCCCCCCC(=O)N[C@@H](CO)[C@H](O)CCCCCCCCCCCCCCCCC. The summed E-state index contributed by atoms with van der Waals surface area (Å²) in [6.07, 6.45) is 77.8. The molecule has 0 aromatic carbocycles. The number of unbranched alkanes of at least 4 members (excludes halogenated alkanes) is 47. The molecule has 6 nitrogen and oxygen atoms in total. The Hall–Kier alpha value is -1.66. The molecule has 0 saturated heterocycles. The lowest BCUT2D eigenvalue weighted by molar-refractivity contribution is -0.143. The van der Waals surface area contributed by atoms with E-state index in [1.807, 2.05) is 0 Å². The number of esters is 1. The summed E-state index contributed by atoms with van der Waals surface area (Å²) in [5.74, 6) is -0.0266. The molecule has 0 aliphatic rings. The highest BCUT2D eigenvalue weighted by molar-refractivity contribution is 5.76. The second kappa shape index (κ2) is 62.9. The molecule has 0 rings (SSSR count). The average Bonchev–Trinajstić information content (AvgIpc) is 3.39. The number of hydrogen-bond acceptors (Lipinski definition) is 5. The summed E-state index contributed by atoms with van der Waals surface area (Å²) < 4.78 is 5.48. The minimum absolute atomic E-state index is 0.00374. The van der Waals surface area contributed by atoms with Gasteiger partial charge >= 0.3 is 5.97 Å². The normalized spacial score (nSPS) is 12.7. The van der Waals surface area contributed by atoms with Crippen LogP contribution in [0, 0.1) is 0 Å². The molecule has 0 unspecified atom stereocenters. The minimum Gasteiger partial charge on any atom is -0.466 e. The predicted molar refractivity (Wildman–Crippen MR) is 320 cm³/mol. The number of aliphatic hydroxyl groups is 2. The maximum absolute atomic E-state index is 12.5. The number of ether oxygens (including phenoxy) is 1. The van der Waals surface area contributed by atoms with Crippen LogP contribution in [-0.2, 0) is 14.3 Å². The van der Waals surface area contributed by atoms with Crippen molar-refractivity contribution in [2.75, 3.05) is 13.2 Å². The molecule has 0 aliphatic heterocycles. The number of hydrogen-bond donors (Lipinski definition) is 3. The van der Waals surface area contributed by atoms with E-state index in [-0.39, 0.29) is 18.5 Å². The summed E-state index contributed by atoms with van der Waals surface area (Å²) in [6, 6.07) is -0.539. The Morgan fingerprint density at radius 3 is 1.07 bits per heavy atom. The lowest BCUT2D eigenvalue weighted by Crippen LogP contribution is -2.45. The van der Waals surface area contributed by atoms with Crippen molar-refractivity contribution >= 4 is 11.9 Å². The highest BCUT2D eigenvalue weighted by Gasteiger charge is 2.20. The largest absolute Gasteiger partial charge is 0.466 e. The van der Waals surface area contributed by atoms with E-state index in [2.05, 4.69) is 43.5 Å². The second-order valence-corrected chi connectivity index (χ2v) is 22.8. The van der Waals surface area contributed by atoms with Gasteiger partial charge in [-0.2, -0.15) is 0 Å². The first-order chi connectivity index (χ1) is 36.0. The lowest BCUT2D eigenvalue weighted by Gasteiger charge is -2.22. The van der Waals surface area contributed by atoms with E-state index in [4.69, 9.17) is 4.74 Å². The van der Waals surface area contributed by atoms with Crippen molar-refractivity contribution in [1.82, 2.24) is 5.32 Å². The number of carbonyl (C=O) groups is 2. The van der Waals surface area contributed by atoms with Crippen LogP contribution >= 0.6 is 0 Å². The molecule has 0 spiro atoms. The van der Waals surface area contributed by atoms with Gasteiger partial charge in [0.2, 0.25) is 5.91 Å². The van der Waals surface area contributed by atoms with Crippen LogP contribution in [0.25, 0.3) is 0 Å². The molecule has 2 atom stereocenters. The first kappa shape index (κ1) is 71.3. The summed E-state index contributed by atoms with van der Waals surface area (Å²) >= 11 is 0.